The van der Waals surface area contributed by atoms with Gasteiger partial charge in [0.05, 0.1) is 0 Å². The molecule has 0 aliphatic carbocycles. The highest BCUT2D eigenvalue weighted by molar-refractivity contribution is 6.30. The van der Waals surface area contributed by atoms with Crippen molar-refractivity contribution in [3.05, 3.63) is 53.6 Å². The first kappa shape index (κ1) is 18.0. The molecule has 2 saturated heterocycles. The summed E-state index contributed by atoms with van der Waals surface area (Å²) < 4.78 is 0. The second-order valence-electron chi connectivity index (χ2n) is 7.12. The van der Waals surface area contributed by atoms with E-state index in [1.165, 1.54) is 37.3 Å². The van der Waals surface area contributed by atoms with Crippen molar-refractivity contribution in [3.63, 3.8) is 0 Å². The molecule has 0 unspecified atom stereocenters. The van der Waals surface area contributed by atoms with E-state index in [-0.39, 0.29) is 6.03 Å². The predicted molar refractivity (Wildman–Crippen MR) is 112 cm³/mol. The highest BCUT2D eigenvalue weighted by Gasteiger charge is 2.21. The fourth-order valence-electron chi connectivity index (χ4n) is 3.75. The van der Waals surface area contributed by atoms with Crippen LogP contribution in [0.2, 0.25) is 5.02 Å². The minimum Gasteiger partial charge on any atom is -0.372 e. The van der Waals surface area contributed by atoms with Gasteiger partial charge in [0.2, 0.25) is 0 Å². The molecular formula is C21H25ClN4O. The molecule has 1 N–H and O–H groups in total. The number of piperazine rings is 1. The lowest BCUT2D eigenvalue weighted by molar-refractivity contribution is 0.208. The molecule has 4 rings (SSSR count). The van der Waals surface area contributed by atoms with E-state index in [1.54, 1.807) is 12.1 Å². The number of hydrogen-bond donors (Lipinski definition) is 1. The van der Waals surface area contributed by atoms with Crippen molar-refractivity contribution in [2.75, 3.05) is 54.4 Å². The Morgan fingerprint density at radius 3 is 1.81 bits per heavy atom. The van der Waals surface area contributed by atoms with Crippen molar-refractivity contribution in [3.8, 4) is 0 Å². The summed E-state index contributed by atoms with van der Waals surface area (Å²) >= 11 is 5.89. The summed E-state index contributed by atoms with van der Waals surface area (Å²) in [5, 5.41) is 3.60. The summed E-state index contributed by atoms with van der Waals surface area (Å²) in [7, 11) is 0. The summed E-state index contributed by atoms with van der Waals surface area (Å²) in [6, 6.07) is 16.0. The Bertz CT molecular complexity index is 764. The molecule has 0 radical (unpaired) electrons. The molecular weight excluding hydrogens is 360 g/mol. The monoisotopic (exact) mass is 384 g/mol. The lowest BCUT2D eigenvalue weighted by Crippen LogP contribution is -2.50. The van der Waals surface area contributed by atoms with Gasteiger partial charge in [0.1, 0.15) is 0 Å². The third kappa shape index (κ3) is 4.30. The summed E-state index contributed by atoms with van der Waals surface area (Å²) in [5.74, 6) is 0. The number of halogens is 1. The van der Waals surface area contributed by atoms with Crippen molar-refractivity contribution in [2.24, 2.45) is 0 Å². The average molecular weight is 385 g/mol. The van der Waals surface area contributed by atoms with Gasteiger partial charge in [-0.3, -0.25) is 0 Å². The first-order valence-corrected chi connectivity index (χ1v) is 9.98. The van der Waals surface area contributed by atoms with Crippen molar-refractivity contribution < 1.29 is 4.79 Å². The number of nitrogens with zero attached hydrogens (tertiary/aromatic N) is 3. The van der Waals surface area contributed by atoms with Gasteiger partial charge in [-0.2, -0.15) is 0 Å². The molecule has 5 nitrogen and oxygen atoms in total. The number of rotatable bonds is 3. The number of carbonyl (C=O) groups is 1. The molecule has 2 aromatic rings. The fourth-order valence-corrected chi connectivity index (χ4v) is 3.88. The Balaban J connectivity index is 1.30. The second-order valence-corrected chi connectivity index (χ2v) is 7.56. The van der Waals surface area contributed by atoms with E-state index in [9.17, 15) is 4.79 Å². The molecule has 2 fully saturated rings. The van der Waals surface area contributed by atoms with Gasteiger partial charge < -0.3 is 20.0 Å². The van der Waals surface area contributed by atoms with Crippen LogP contribution in [0.4, 0.5) is 21.9 Å². The molecule has 2 amide bonds. The quantitative estimate of drug-likeness (QED) is 0.857. The summed E-state index contributed by atoms with van der Waals surface area (Å²) in [4.78, 5) is 19.1. The number of benzene rings is 2. The van der Waals surface area contributed by atoms with Crippen LogP contribution >= 0.6 is 11.6 Å². The SMILES string of the molecule is O=C(Nc1ccc(Cl)cc1)N1CCN(c2ccc(N3CCCC3)cc2)CC1. The standard InChI is InChI=1S/C21H25ClN4O/c22-17-3-5-18(6-4-17)23-21(27)26-15-13-25(14-16-26)20-9-7-19(8-10-20)24-11-1-2-12-24/h3-10H,1-2,11-16H2,(H,23,27). The molecule has 142 valence electrons. The van der Waals surface area contributed by atoms with E-state index in [0.29, 0.717) is 18.1 Å². The largest absolute Gasteiger partial charge is 0.372 e. The molecule has 0 spiro atoms. The van der Waals surface area contributed by atoms with Gasteiger partial charge >= 0.3 is 6.03 Å². The summed E-state index contributed by atoms with van der Waals surface area (Å²) in [6.45, 7) is 5.45. The number of amides is 2. The molecule has 0 atom stereocenters. The minimum atomic E-state index is -0.0543. The van der Waals surface area contributed by atoms with Crippen LogP contribution in [0.5, 0.6) is 0 Å². The zero-order valence-corrected chi connectivity index (χ0v) is 16.2. The van der Waals surface area contributed by atoms with E-state index in [0.717, 1.165) is 18.8 Å². The van der Waals surface area contributed by atoms with Gasteiger partial charge in [-0.1, -0.05) is 11.6 Å². The zero-order chi connectivity index (χ0) is 18.6. The first-order chi connectivity index (χ1) is 13.2. The smallest absolute Gasteiger partial charge is 0.321 e. The first-order valence-electron chi connectivity index (χ1n) is 9.60. The average Bonchev–Trinajstić information content (AvgIpc) is 3.25. The van der Waals surface area contributed by atoms with E-state index in [2.05, 4.69) is 39.4 Å². The zero-order valence-electron chi connectivity index (χ0n) is 15.4. The van der Waals surface area contributed by atoms with Gasteiger partial charge in [-0.25, -0.2) is 4.79 Å². The van der Waals surface area contributed by atoms with Crippen molar-refractivity contribution in [1.82, 2.24) is 4.90 Å². The van der Waals surface area contributed by atoms with Crippen LogP contribution in [-0.4, -0.2) is 50.2 Å². The highest BCUT2D eigenvalue weighted by atomic mass is 35.5. The summed E-state index contributed by atoms with van der Waals surface area (Å²) in [6.07, 6.45) is 2.59. The van der Waals surface area contributed by atoms with Crippen molar-refractivity contribution >= 4 is 34.7 Å². The van der Waals surface area contributed by atoms with Crippen LogP contribution in [0.3, 0.4) is 0 Å². The molecule has 0 aromatic heterocycles. The Morgan fingerprint density at radius 2 is 1.26 bits per heavy atom. The Hall–Kier alpha value is -2.40. The molecule has 0 saturated carbocycles. The Kier molecular flexibility index (Phi) is 5.39. The molecule has 2 aliphatic rings. The molecule has 2 aromatic carbocycles. The van der Waals surface area contributed by atoms with Crippen LogP contribution in [0, 0.1) is 0 Å². The number of hydrogen-bond acceptors (Lipinski definition) is 3. The van der Waals surface area contributed by atoms with Crippen LogP contribution in [-0.2, 0) is 0 Å². The Morgan fingerprint density at radius 1 is 0.741 bits per heavy atom. The topological polar surface area (TPSA) is 38.8 Å². The van der Waals surface area contributed by atoms with Crippen molar-refractivity contribution in [2.45, 2.75) is 12.8 Å². The third-order valence-corrected chi connectivity index (χ3v) is 5.60. The molecule has 0 bridgehead atoms. The molecule has 6 heteroatoms. The second kappa shape index (κ2) is 8.09. The van der Waals surface area contributed by atoms with Gasteiger partial charge in [0.25, 0.3) is 0 Å². The minimum absolute atomic E-state index is 0.0543. The van der Waals surface area contributed by atoms with Gasteiger partial charge in [-0.05, 0) is 61.4 Å². The van der Waals surface area contributed by atoms with Gasteiger partial charge in [-0.15, -0.1) is 0 Å². The number of urea groups is 1. The highest BCUT2D eigenvalue weighted by Crippen LogP contribution is 2.24. The van der Waals surface area contributed by atoms with Crippen LogP contribution in [0.25, 0.3) is 0 Å². The third-order valence-electron chi connectivity index (χ3n) is 5.35. The van der Waals surface area contributed by atoms with Gasteiger partial charge in [0.15, 0.2) is 0 Å². The molecule has 2 heterocycles. The maximum Gasteiger partial charge on any atom is 0.321 e. The van der Waals surface area contributed by atoms with Crippen LogP contribution in [0.15, 0.2) is 48.5 Å². The van der Waals surface area contributed by atoms with Crippen LogP contribution in [0.1, 0.15) is 12.8 Å². The van der Waals surface area contributed by atoms with E-state index >= 15 is 0 Å². The van der Waals surface area contributed by atoms with Gasteiger partial charge in [0, 0.05) is 61.4 Å². The predicted octanol–water partition coefficient (Wildman–Crippen LogP) is 4.29. The van der Waals surface area contributed by atoms with E-state index in [1.807, 2.05) is 17.0 Å². The lowest BCUT2D eigenvalue weighted by Gasteiger charge is -2.36. The van der Waals surface area contributed by atoms with Crippen molar-refractivity contribution in [1.29, 1.82) is 0 Å². The number of carbonyl (C=O) groups excluding carboxylic acids is 1. The molecule has 27 heavy (non-hydrogen) atoms. The maximum absolute atomic E-state index is 12.4. The summed E-state index contributed by atoms with van der Waals surface area (Å²) in [5.41, 5.74) is 3.32. The number of anilines is 3. The van der Waals surface area contributed by atoms with Crippen LogP contribution < -0.4 is 15.1 Å². The lowest BCUT2D eigenvalue weighted by atomic mass is 10.2. The maximum atomic E-state index is 12.4. The molecule has 2 aliphatic heterocycles. The Labute approximate surface area is 165 Å². The fraction of sp³-hybridized carbons (Fsp3) is 0.381. The van der Waals surface area contributed by atoms with E-state index in [4.69, 9.17) is 11.6 Å². The van der Waals surface area contributed by atoms with E-state index < -0.39 is 0 Å². The number of nitrogens with one attached hydrogen (secondary N) is 1. The normalized spacial score (nSPS) is 17.3.